The SMILES string of the molecule is CC/C=C\C/C=C\C/C=C\C/C=C\CCCCCCC(=O)OC(COC(=O)CCCCCCC/C=C\C/C=C\C/C=C\CC)COC(=O)CCCCCCCCCCCCCCCCCCCCCCCCCCCCCCCCC. The van der Waals surface area contributed by atoms with Crippen LogP contribution in [-0.2, 0) is 28.6 Å². The third kappa shape index (κ3) is 67.3. The number of carbonyl (C=O) groups is 3. The molecule has 0 aromatic carbocycles. The van der Waals surface area contributed by atoms with Gasteiger partial charge in [-0.15, -0.1) is 0 Å². The van der Waals surface area contributed by atoms with Gasteiger partial charge >= 0.3 is 17.9 Å². The first-order valence-corrected chi connectivity index (χ1v) is 35.1. The van der Waals surface area contributed by atoms with Crippen LogP contribution in [0.3, 0.4) is 0 Å². The lowest BCUT2D eigenvalue weighted by molar-refractivity contribution is -0.167. The summed E-state index contributed by atoms with van der Waals surface area (Å²) in [7, 11) is 0. The molecule has 0 radical (unpaired) electrons. The summed E-state index contributed by atoms with van der Waals surface area (Å²) in [6.07, 6.45) is 92.0. The highest BCUT2D eigenvalue weighted by Gasteiger charge is 2.19. The summed E-state index contributed by atoms with van der Waals surface area (Å²) < 4.78 is 16.9. The Kier molecular flexibility index (Phi) is 66.2. The van der Waals surface area contributed by atoms with Crippen molar-refractivity contribution in [1.82, 2.24) is 0 Å². The van der Waals surface area contributed by atoms with Crippen molar-refractivity contribution in [2.45, 2.75) is 361 Å². The lowest BCUT2D eigenvalue weighted by Crippen LogP contribution is -2.30. The van der Waals surface area contributed by atoms with Crippen molar-refractivity contribution >= 4 is 17.9 Å². The number of unbranched alkanes of at least 4 members (excludes halogenated alkanes) is 39. The third-order valence-electron chi connectivity index (χ3n) is 15.4. The van der Waals surface area contributed by atoms with Gasteiger partial charge < -0.3 is 14.2 Å². The molecule has 0 N–H and O–H groups in total. The molecule has 1 unspecified atom stereocenters. The minimum atomic E-state index is -0.798. The second-order valence-electron chi connectivity index (χ2n) is 23.4. The molecular formula is C75H132O6. The maximum atomic E-state index is 12.9. The Hall–Kier alpha value is -3.41. The molecule has 0 rings (SSSR count). The maximum absolute atomic E-state index is 12.9. The summed E-state index contributed by atoms with van der Waals surface area (Å²) in [5.74, 6) is -0.916. The Morgan fingerprint density at radius 1 is 0.259 bits per heavy atom. The van der Waals surface area contributed by atoms with Crippen molar-refractivity contribution in [2.75, 3.05) is 13.2 Å². The average molecular weight is 1130 g/mol. The number of carbonyl (C=O) groups excluding carboxylic acids is 3. The van der Waals surface area contributed by atoms with E-state index in [2.05, 4.69) is 106 Å². The topological polar surface area (TPSA) is 78.9 Å². The molecule has 0 spiro atoms. The molecule has 0 heterocycles. The largest absolute Gasteiger partial charge is 0.462 e. The van der Waals surface area contributed by atoms with Crippen molar-refractivity contribution in [3.63, 3.8) is 0 Å². The standard InChI is InChI=1S/C75H132O6/c1-4-7-10-13-16-19-22-25-28-30-31-32-33-34-35-36-37-38-39-40-41-42-43-45-47-50-53-56-59-62-65-68-74(77)80-71-72(70-79-73(76)67-64-61-58-55-52-49-46-27-24-21-18-15-12-9-6-3)81-75(78)69-66-63-60-57-54-51-48-44-29-26-23-20-17-14-11-8-5-2/h8-9,11-12,17-18,20-21,26-27,29,46,48,51,72H,4-7,10,13-16,19,22-25,28,30-45,47,49-50,52-71H2,1-3H3/b11-8-,12-9-,20-17-,21-18-,29-26-,46-27-,51-48-. The zero-order valence-corrected chi connectivity index (χ0v) is 53.8. The van der Waals surface area contributed by atoms with Gasteiger partial charge in [-0.25, -0.2) is 0 Å². The molecule has 0 aliphatic heterocycles. The minimum absolute atomic E-state index is 0.0899. The van der Waals surface area contributed by atoms with Crippen LogP contribution in [0.5, 0.6) is 0 Å². The molecule has 0 saturated heterocycles. The molecule has 0 fully saturated rings. The first-order valence-electron chi connectivity index (χ1n) is 35.1. The van der Waals surface area contributed by atoms with Gasteiger partial charge in [-0.3, -0.25) is 14.4 Å². The lowest BCUT2D eigenvalue weighted by atomic mass is 10.0. The van der Waals surface area contributed by atoms with E-state index in [9.17, 15) is 14.4 Å². The van der Waals surface area contributed by atoms with Crippen LogP contribution in [0.25, 0.3) is 0 Å². The van der Waals surface area contributed by atoms with Crippen molar-refractivity contribution < 1.29 is 28.6 Å². The zero-order valence-electron chi connectivity index (χ0n) is 53.8. The maximum Gasteiger partial charge on any atom is 0.306 e. The first kappa shape index (κ1) is 77.6. The van der Waals surface area contributed by atoms with Crippen molar-refractivity contribution in [2.24, 2.45) is 0 Å². The molecule has 0 bridgehead atoms. The zero-order chi connectivity index (χ0) is 58.5. The number of hydrogen-bond donors (Lipinski definition) is 0. The van der Waals surface area contributed by atoms with Crippen LogP contribution >= 0.6 is 0 Å². The number of esters is 3. The third-order valence-corrected chi connectivity index (χ3v) is 15.4. The first-order chi connectivity index (χ1) is 40.0. The van der Waals surface area contributed by atoms with Crippen LogP contribution in [0.1, 0.15) is 355 Å². The van der Waals surface area contributed by atoms with E-state index >= 15 is 0 Å². The van der Waals surface area contributed by atoms with Gasteiger partial charge in [-0.2, -0.15) is 0 Å². The van der Waals surface area contributed by atoms with E-state index in [4.69, 9.17) is 14.2 Å². The summed E-state index contributed by atoms with van der Waals surface area (Å²) in [5, 5.41) is 0. The highest BCUT2D eigenvalue weighted by molar-refractivity contribution is 5.71. The second kappa shape index (κ2) is 69.1. The molecule has 0 saturated carbocycles. The summed E-state index contributed by atoms with van der Waals surface area (Å²) in [6.45, 7) is 6.43. The Morgan fingerprint density at radius 3 is 0.753 bits per heavy atom. The molecular weight excluding hydrogens is 997 g/mol. The molecule has 468 valence electrons. The van der Waals surface area contributed by atoms with Gasteiger partial charge in [-0.05, 0) is 89.9 Å². The molecule has 81 heavy (non-hydrogen) atoms. The molecule has 0 aliphatic carbocycles. The van der Waals surface area contributed by atoms with E-state index in [-0.39, 0.29) is 31.1 Å². The molecule has 1 atom stereocenters. The quantitative estimate of drug-likeness (QED) is 0.0261. The predicted octanol–water partition coefficient (Wildman–Crippen LogP) is 24.2. The molecule has 6 heteroatoms. The Labute approximate surface area is 503 Å². The van der Waals surface area contributed by atoms with Crippen molar-refractivity contribution in [3.05, 3.63) is 85.1 Å². The van der Waals surface area contributed by atoms with E-state index in [1.54, 1.807) is 0 Å². The fraction of sp³-hybridized carbons (Fsp3) is 0.773. The van der Waals surface area contributed by atoms with Gasteiger partial charge in [0.2, 0.25) is 0 Å². The number of rotatable bonds is 64. The Balaban J connectivity index is 4.21. The van der Waals surface area contributed by atoms with E-state index in [0.717, 1.165) is 135 Å². The second-order valence-corrected chi connectivity index (χ2v) is 23.4. The Morgan fingerprint density at radius 2 is 0.481 bits per heavy atom. The van der Waals surface area contributed by atoms with E-state index in [1.165, 1.54) is 180 Å². The summed E-state index contributed by atoms with van der Waals surface area (Å²) in [5.41, 5.74) is 0. The van der Waals surface area contributed by atoms with Crippen molar-refractivity contribution in [1.29, 1.82) is 0 Å². The summed E-state index contributed by atoms with van der Waals surface area (Å²) in [4.78, 5) is 38.4. The molecule has 0 aliphatic rings. The van der Waals surface area contributed by atoms with E-state index in [0.29, 0.717) is 19.3 Å². The van der Waals surface area contributed by atoms with Gasteiger partial charge in [0.25, 0.3) is 0 Å². The van der Waals surface area contributed by atoms with Crippen LogP contribution in [0, 0.1) is 0 Å². The van der Waals surface area contributed by atoms with Crippen LogP contribution in [0.15, 0.2) is 85.1 Å². The van der Waals surface area contributed by atoms with Gasteiger partial charge in [-0.1, -0.05) is 331 Å². The fourth-order valence-electron chi connectivity index (χ4n) is 10.2. The van der Waals surface area contributed by atoms with E-state index < -0.39 is 6.10 Å². The lowest BCUT2D eigenvalue weighted by Gasteiger charge is -2.18. The normalized spacial score (nSPS) is 12.6. The van der Waals surface area contributed by atoms with Crippen LogP contribution in [0.2, 0.25) is 0 Å². The summed E-state index contributed by atoms with van der Waals surface area (Å²) >= 11 is 0. The highest BCUT2D eigenvalue weighted by atomic mass is 16.6. The number of hydrogen-bond acceptors (Lipinski definition) is 6. The van der Waals surface area contributed by atoms with Gasteiger partial charge in [0.05, 0.1) is 0 Å². The fourth-order valence-corrected chi connectivity index (χ4v) is 10.2. The monoisotopic (exact) mass is 1130 g/mol. The predicted molar refractivity (Wildman–Crippen MR) is 353 cm³/mol. The number of allylic oxidation sites excluding steroid dienone is 14. The minimum Gasteiger partial charge on any atom is -0.462 e. The van der Waals surface area contributed by atoms with Crippen LogP contribution in [0.4, 0.5) is 0 Å². The van der Waals surface area contributed by atoms with E-state index in [1.807, 2.05) is 0 Å². The van der Waals surface area contributed by atoms with Crippen molar-refractivity contribution in [3.8, 4) is 0 Å². The molecule has 6 nitrogen and oxygen atoms in total. The number of ether oxygens (including phenoxy) is 3. The van der Waals surface area contributed by atoms with Gasteiger partial charge in [0, 0.05) is 19.3 Å². The summed E-state index contributed by atoms with van der Waals surface area (Å²) in [6, 6.07) is 0. The average Bonchev–Trinajstić information content (AvgIpc) is 3.47. The van der Waals surface area contributed by atoms with Gasteiger partial charge in [0.15, 0.2) is 6.10 Å². The molecule has 0 aromatic heterocycles. The Bertz CT molecular complexity index is 1530. The van der Waals surface area contributed by atoms with Crippen LogP contribution < -0.4 is 0 Å². The molecule has 0 aromatic rings. The smallest absolute Gasteiger partial charge is 0.306 e. The van der Waals surface area contributed by atoms with Gasteiger partial charge in [0.1, 0.15) is 13.2 Å². The van der Waals surface area contributed by atoms with Crippen LogP contribution in [-0.4, -0.2) is 37.2 Å². The molecule has 0 amide bonds. The highest BCUT2D eigenvalue weighted by Crippen LogP contribution is 2.18.